The largest absolute Gasteiger partial charge is 0.382 e. The van der Waals surface area contributed by atoms with E-state index in [1.807, 2.05) is 0 Å². The number of piperidine rings is 1. The molecular formula is C13H28N2O3. The van der Waals surface area contributed by atoms with Crippen LogP contribution in [0, 0.1) is 0 Å². The lowest BCUT2D eigenvalue weighted by Gasteiger charge is -2.31. The third-order valence-electron chi connectivity index (χ3n) is 3.29. The van der Waals surface area contributed by atoms with Gasteiger partial charge >= 0.3 is 0 Å². The van der Waals surface area contributed by atoms with Crippen molar-refractivity contribution in [1.82, 2.24) is 10.2 Å². The third-order valence-corrected chi connectivity index (χ3v) is 3.29. The highest BCUT2D eigenvalue weighted by atomic mass is 16.5. The minimum atomic E-state index is 0.646. The minimum absolute atomic E-state index is 0.646. The van der Waals surface area contributed by atoms with E-state index in [2.05, 4.69) is 17.3 Å². The maximum absolute atomic E-state index is 5.55. The summed E-state index contributed by atoms with van der Waals surface area (Å²) < 4.78 is 15.8. The second-order valence-corrected chi connectivity index (χ2v) is 4.70. The first-order valence-electron chi connectivity index (χ1n) is 6.90. The number of methoxy groups -OCH3 is 1. The average molecular weight is 260 g/mol. The Labute approximate surface area is 111 Å². The Morgan fingerprint density at radius 2 is 1.83 bits per heavy atom. The fourth-order valence-corrected chi connectivity index (χ4v) is 2.06. The van der Waals surface area contributed by atoms with Gasteiger partial charge in [0.05, 0.1) is 33.0 Å². The van der Waals surface area contributed by atoms with Crippen LogP contribution in [0.15, 0.2) is 0 Å². The van der Waals surface area contributed by atoms with E-state index in [9.17, 15) is 0 Å². The molecule has 0 radical (unpaired) electrons. The summed E-state index contributed by atoms with van der Waals surface area (Å²) in [5.41, 5.74) is 0. The molecule has 1 rings (SSSR count). The van der Waals surface area contributed by atoms with Crippen molar-refractivity contribution in [1.29, 1.82) is 0 Å². The molecule has 5 nitrogen and oxygen atoms in total. The number of nitrogens with one attached hydrogen (secondary N) is 1. The minimum Gasteiger partial charge on any atom is -0.382 e. The van der Waals surface area contributed by atoms with Crippen molar-refractivity contribution >= 4 is 0 Å². The van der Waals surface area contributed by atoms with E-state index in [1.165, 1.54) is 19.4 Å². The first-order chi connectivity index (χ1) is 8.84. The van der Waals surface area contributed by atoms with Crippen LogP contribution >= 0.6 is 0 Å². The summed E-state index contributed by atoms with van der Waals surface area (Å²) in [5.74, 6) is 0. The van der Waals surface area contributed by atoms with Gasteiger partial charge in [-0.1, -0.05) is 0 Å². The van der Waals surface area contributed by atoms with Gasteiger partial charge in [0.2, 0.25) is 0 Å². The molecule has 1 unspecified atom stereocenters. The molecule has 0 spiro atoms. The van der Waals surface area contributed by atoms with Crippen LogP contribution < -0.4 is 5.32 Å². The van der Waals surface area contributed by atoms with Crippen molar-refractivity contribution in [3.63, 3.8) is 0 Å². The summed E-state index contributed by atoms with van der Waals surface area (Å²) >= 11 is 0. The number of hydrogen-bond donors (Lipinski definition) is 1. The molecule has 0 bridgehead atoms. The highest BCUT2D eigenvalue weighted by molar-refractivity contribution is 4.76. The van der Waals surface area contributed by atoms with Gasteiger partial charge in [-0.25, -0.2) is 0 Å². The Hall–Kier alpha value is -0.200. The van der Waals surface area contributed by atoms with E-state index >= 15 is 0 Å². The van der Waals surface area contributed by atoms with Crippen LogP contribution in [0.4, 0.5) is 0 Å². The van der Waals surface area contributed by atoms with Gasteiger partial charge < -0.3 is 19.5 Å². The lowest BCUT2D eigenvalue weighted by Crippen LogP contribution is -2.45. The van der Waals surface area contributed by atoms with Crippen molar-refractivity contribution in [2.24, 2.45) is 0 Å². The van der Waals surface area contributed by atoms with Gasteiger partial charge in [0.15, 0.2) is 0 Å². The van der Waals surface area contributed by atoms with E-state index in [1.54, 1.807) is 7.11 Å². The predicted octanol–water partition coefficient (Wildman–Crippen LogP) is 0.350. The lowest BCUT2D eigenvalue weighted by molar-refractivity contribution is 0.0179. The van der Waals surface area contributed by atoms with E-state index in [0.29, 0.717) is 32.5 Å². The standard InChI is InChI=1S/C13H28N2O3/c1-15(13-4-3-5-14-12-13)6-7-17-10-11-18-9-8-16-2/h13-14H,3-12H2,1-2H3. The van der Waals surface area contributed by atoms with Crippen molar-refractivity contribution in [2.45, 2.75) is 18.9 Å². The van der Waals surface area contributed by atoms with Crippen LogP contribution in [-0.4, -0.2) is 77.8 Å². The fraction of sp³-hybridized carbons (Fsp3) is 1.00. The molecule has 0 aliphatic carbocycles. The zero-order valence-electron chi connectivity index (χ0n) is 11.8. The van der Waals surface area contributed by atoms with Crippen molar-refractivity contribution < 1.29 is 14.2 Å². The number of rotatable bonds is 10. The molecule has 0 aromatic carbocycles. The zero-order chi connectivity index (χ0) is 13.1. The molecule has 108 valence electrons. The van der Waals surface area contributed by atoms with Gasteiger partial charge in [0.1, 0.15) is 0 Å². The summed E-state index contributed by atoms with van der Waals surface area (Å²) in [5, 5.41) is 3.43. The van der Waals surface area contributed by atoms with Crippen LogP contribution in [0.3, 0.4) is 0 Å². The summed E-state index contributed by atoms with van der Waals surface area (Å²) in [4.78, 5) is 2.39. The highest BCUT2D eigenvalue weighted by Gasteiger charge is 2.16. The molecule has 1 saturated heterocycles. The maximum Gasteiger partial charge on any atom is 0.0701 e. The number of likely N-dealkylation sites (N-methyl/N-ethyl adjacent to an activating group) is 1. The van der Waals surface area contributed by atoms with Crippen LogP contribution in [0.2, 0.25) is 0 Å². The van der Waals surface area contributed by atoms with Crippen LogP contribution in [-0.2, 0) is 14.2 Å². The van der Waals surface area contributed by atoms with Crippen molar-refractivity contribution in [2.75, 3.05) is 66.8 Å². The Balaban J connectivity index is 1.87. The first kappa shape index (κ1) is 15.9. The Morgan fingerprint density at radius 3 is 2.50 bits per heavy atom. The van der Waals surface area contributed by atoms with Gasteiger partial charge in [-0.15, -0.1) is 0 Å². The molecule has 1 fully saturated rings. The SMILES string of the molecule is COCCOCCOCCN(C)C1CCCNC1. The van der Waals surface area contributed by atoms with E-state index in [0.717, 1.165) is 19.7 Å². The van der Waals surface area contributed by atoms with Crippen molar-refractivity contribution in [3.8, 4) is 0 Å². The average Bonchev–Trinajstić information content (AvgIpc) is 2.42. The molecule has 18 heavy (non-hydrogen) atoms. The quantitative estimate of drug-likeness (QED) is 0.574. The number of ether oxygens (including phenoxy) is 3. The number of nitrogens with zero attached hydrogens (tertiary/aromatic N) is 1. The van der Waals surface area contributed by atoms with Gasteiger partial charge in [0.25, 0.3) is 0 Å². The van der Waals surface area contributed by atoms with Crippen LogP contribution in [0.5, 0.6) is 0 Å². The fourth-order valence-electron chi connectivity index (χ4n) is 2.06. The molecule has 0 aromatic heterocycles. The predicted molar refractivity (Wildman–Crippen MR) is 72.0 cm³/mol. The molecule has 1 aliphatic rings. The molecule has 0 amide bonds. The Kier molecular flexibility index (Phi) is 9.42. The summed E-state index contributed by atoms with van der Waals surface area (Å²) in [6.45, 7) is 6.66. The smallest absolute Gasteiger partial charge is 0.0701 e. The maximum atomic E-state index is 5.55. The normalized spacial score (nSPS) is 20.5. The van der Waals surface area contributed by atoms with Crippen LogP contribution in [0.25, 0.3) is 0 Å². The third kappa shape index (κ3) is 7.28. The van der Waals surface area contributed by atoms with Gasteiger partial charge in [-0.3, -0.25) is 4.90 Å². The summed E-state index contributed by atoms with van der Waals surface area (Å²) in [6, 6.07) is 0.667. The van der Waals surface area contributed by atoms with E-state index in [-0.39, 0.29) is 0 Å². The first-order valence-corrected chi connectivity index (χ1v) is 6.90. The molecule has 0 aromatic rings. The lowest BCUT2D eigenvalue weighted by atomic mass is 10.1. The summed E-state index contributed by atoms with van der Waals surface area (Å²) in [7, 11) is 3.85. The Bertz CT molecular complexity index is 187. The molecule has 0 saturated carbocycles. The second kappa shape index (κ2) is 10.7. The monoisotopic (exact) mass is 260 g/mol. The molecule has 1 heterocycles. The van der Waals surface area contributed by atoms with Gasteiger partial charge in [-0.05, 0) is 26.4 Å². The molecule has 1 N–H and O–H groups in total. The van der Waals surface area contributed by atoms with E-state index in [4.69, 9.17) is 14.2 Å². The topological polar surface area (TPSA) is 43.0 Å². The summed E-state index contributed by atoms with van der Waals surface area (Å²) in [6.07, 6.45) is 2.58. The second-order valence-electron chi connectivity index (χ2n) is 4.70. The molecule has 1 aliphatic heterocycles. The molecule has 1 atom stereocenters. The number of hydrogen-bond acceptors (Lipinski definition) is 5. The molecule has 5 heteroatoms. The highest BCUT2D eigenvalue weighted by Crippen LogP contribution is 2.07. The van der Waals surface area contributed by atoms with E-state index < -0.39 is 0 Å². The molecular weight excluding hydrogens is 232 g/mol. The van der Waals surface area contributed by atoms with Crippen molar-refractivity contribution in [3.05, 3.63) is 0 Å². The Morgan fingerprint density at radius 1 is 1.11 bits per heavy atom. The van der Waals surface area contributed by atoms with Gasteiger partial charge in [0, 0.05) is 26.2 Å². The zero-order valence-corrected chi connectivity index (χ0v) is 11.8. The van der Waals surface area contributed by atoms with Gasteiger partial charge in [-0.2, -0.15) is 0 Å². The van der Waals surface area contributed by atoms with Crippen LogP contribution in [0.1, 0.15) is 12.8 Å².